The SMILES string of the molecule is CC(C)NC(=O)NCc1ccc(C(=O)NC(c2cccs2)C(C)C)cc1. The van der Waals surface area contributed by atoms with Crippen LogP contribution in [0.5, 0.6) is 0 Å². The quantitative estimate of drug-likeness (QED) is 0.684. The molecule has 1 unspecified atom stereocenters. The Kier molecular flexibility index (Phi) is 7.21. The molecule has 0 saturated heterocycles. The van der Waals surface area contributed by atoms with Crippen LogP contribution in [0.3, 0.4) is 0 Å². The monoisotopic (exact) mass is 373 g/mol. The van der Waals surface area contributed by atoms with Gasteiger partial charge in [0.05, 0.1) is 6.04 Å². The van der Waals surface area contributed by atoms with Crippen LogP contribution < -0.4 is 16.0 Å². The fourth-order valence-electron chi connectivity index (χ4n) is 2.53. The van der Waals surface area contributed by atoms with Gasteiger partial charge >= 0.3 is 6.03 Å². The zero-order valence-electron chi connectivity index (χ0n) is 15.7. The van der Waals surface area contributed by atoms with Gasteiger partial charge in [0, 0.05) is 23.0 Å². The van der Waals surface area contributed by atoms with Gasteiger partial charge in [-0.3, -0.25) is 4.79 Å². The number of carbonyl (C=O) groups excluding carboxylic acids is 2. The summed E-state index contributed by atoms with van der Waals surface area (Å²) in [5, 5.41) is 10.7. The van der Waals surface area contributed by atoms with Crippen molar-refractivity contribution in [3.8, 4) is 0 Å². The van der Waals surface area contributed by atoms with Crippen molar-refractivity contribution in [3.05, 3.63) is 57.8 Å². The Balaban J connectivity index is 1.94. The molecule has 1 heterocycles. The predicted molar refractivity (Wildman–Crippen MR) is 106 cm³/mol. The van der Waals surface area contributed by atoms with Crippen molar-refractivity contribution < 1.29 is 9.59 Å². The molecule has 140 valence electrons. The molecule has 2 aromatic rings. The van der Waals surface area contributed by atoms with Gasteiger partial charge in [-0.2, -0.15) is 0 Å². The van der Waals surface area contributed by atoms with E-state index in [1.165, 1.54) is 0 Å². The smallest absolute Gasteiger partial charge is 0.315 e. The Morgan fingerprint density at radius 2 is 1.69 bits per heavy atom. The molecule has 0 saturated carbocycles. The topological polar surface area (TPSA) is 70.2 Å². The van der Waals surface area contributed by atoms with Gasteiger partial charge in [-0.25, -0.2) is 4.79 Å². The summed E-state index contributed by atoms with van der Waals surface area (Å²) in [6.07, 6.45) is 0. The molecular formula is C20H27N3O2S. The van der Waals surface area contributed by atoms with E-state index in [9.17, 15) is 9.59 Å². The summed E-state index contributed by atoms with van der Waals surface area (Å²) in [6.45, 7) is 8.44. The molecule has 0 radical (unpaired) electrons. The Morgan fingerprint density at radius 1 is 1.00 bits per heavy atom. The predicted octanol–water partition coefficient (Wildman–Crippen LogP) is 4.08. The third kappa shape index (κ3) is 5.88. The molecule has 0 aliphatic heterocycles. The number of hydrogen-bond acceptors (Lipinski definition) is 3. The fraction of sp³-hybridized carbons (Fsp3) is 0.400. The van der Waals surface area contributed by atoms with Crippen LogP contribution in [0.1, 0.15) is 54.5 Å². The van der Waals surface area contributed by atoms with Crippen molar-refractivity contribution in [3.63, 3.8) is 0 Å². The number of benzene rings is 1. The molecule has 5 nitrogen and oxygen atoms in total. The third-order valence-corrected chi connectivity index (χ3v) is 4.85. The van der Waals surface area contributed by atoms with Crippen LogP contribution in [-0.4, -0.2) is 18.0 Å². The molecule has 6 heteroatoms. The summed E-state index contributed by atoms with van der Waals surface area (Å²) >= 11 is 1.65. The van der Waals surface area contributed by atoms with Crippen molar-refractivity contribution in [2.24, 2.45) is 5.92 Å². The highest BCUT2D eigenvalue weighted by Crippen LogP contribution is 2.26. The van der Waals surface area contributed by atoms with Gasteiger partial charge in [0.2, 0.25) is 0 Å². The Labute approximate surface area is 159 Å². The first kappa shape index (κ1) is 20.0. The molecule has 0 bridgehead atoms. The molecule has 0 spiro atoms. The number of amides is 3. The van der Waals surface area contributed by atoms with Crippen molar-refractivity contribution in [2.45, 2.75) is 46.3 Å². The minimum atomic E-state index is -0.197. The fourth-order valence-corrected chi connectivity index (χ4v) is 3.48. The van der Waals surface area contributed by atoms with E-state index in [0.717, 1.165) is 10.4 Å². The first-order chi connectivity index (χ1) is 12.4. The van der Waals surface area contributed by atoms with E-state index < -0.39 is 0 Å². The van der Waals surface area contributed by atoms with Crippen LogP contribution in [0.4, 0.5) is 4.79 Å². The Morgan fingerprint density at radius 3 is 2.23 bits per heavy atom. The second kappa shape index (κ2) is 9.38. The highest BCUT2D eigenvalue weighted by molar-refractivity contribution is 7.10. The van der Waals surface area contributed by atoms with E-state index in [0.29, 0.717) is 18.0 Å². The first-order valence-electron chi connectivity index (χ1n) is 8.84. The number of carbonyl (C=O) groups is 2. The van der Waals surface area contributed by atoms with Crippen LogP contribution in [0.15, 0.2) is 41.8 Å². The van der Waals surface area contributed by atoms with Crippen LogP contribution >= 0.6 is 11.3 Å². The Hall–Kier alpha value is -2.34. The standard InChI is InChI=1S/C20H27N3O2S/c1-13(2)18(17-6-5-11-26-17)23-19(24)16-9-7-15(8-10-16)12-21-20(25)22-14(3)4/h5-11,13-14,18H,12H2,1-4H3,(H,23,24)(H2,21,22,25). The van der Waals surface area contributed by atoms with E-state index in [1.54, 1.807) is 23.5 Å². The summed E-state index contributed by atoms with van der Waals surface area (Å²) in [7, 11) is 0. The highest BCUT2D eigenvalue weighted by atomic mass is 32.1. The van der Waals surface area contributed by atoms with Gasteiger partial charge in [0.1, 0.15) is 0 Å². The van der Waals surface area contributed by atoms with Crippen LogP contribution in [-0.2, 0) is 6.54 Å². The molecule has 1 aromatic carbocycles. The van der Waals surface area contributed by atoms with Crippen molar-refractivity contribution in [1.29, 1.82) is 0 Å². The highest BCUT2D eigenvalue weighted by Gasteiger charge is 2.20. The Bertz CT molecular complexity index is 709. The normalized spacial score (nSPS) is 12.1. The van der Waals surface area contributed by atoms with Gasteiger partial charge in [0.15, 0.2) is 0 Å². The lowest BCUT2D eigenvalue weighted by Gasteiger charge is -2.21. The van der Waals surface area contributed by atoms with Crippen LogP contribution in [0.25, 0.3) is 0 Å². The average molecular weight is 374 g/mol. The second-order valence-electron chi connectivity index (χ2n) is 6.89. The number of nitrogens with one attached hydrogen (secondary N) is 3. The van der Waals surface area contributed by atoms with E-state index in [1.807, 2.05) is 43.5 Å². The maximum Gasteiger partial charge on any atom is 0.315 e. The van der Waals surface area contributed by atoms with E-state index in [2.05, 4.69) is 29.8 Å². The summed E-state index contributed by atoms with van der Waals surface area (Å²) in [5.41, 5.74) is 1.56. The summed E-state index contributed by atoms with van der Waals surface area (Å²) in [5.74, 6) is 0.217. The van der Waals surface area contributed by atoms with Gasteiger partial charge in [-0.05, 0) is 48.9 Å². The lowest BCUT2D eigenvalue weighted by Crippen LogP contribution is -2.39. The zero-order valence-corrected chi connectivity index (χ0v) is 16.5. The van der Waals surface area contributed by atoms with Crippen molar-refractivity contribution in [1.82, 2.24) is 16.0 Å². The van der Waals surface area contributed by atoms with E-state index in [-0.39, 0.29) is 24.0 Å². The van der Waals surface area contributed by atoms with Crippen molar-refractivity contribution >= 4 is 23.3 Å². The minimum absolute atomic E-state index is 0.00331. The molecule has 0 aliphatic rings. The first-order valence-corrected chi connectivity index (χ1v) is 9.72. The summed E-state index contributed by atoms with van der Waals surface area (Å²) in [6, 6.07) is 11.3. The lowest BCUT2D eigenvalue weighted by atomic mass is 10.0. The van der Waals surface area contributed by atoms with Gasteiger partial charge < -0.3 is 16.0 Å². The minimum Gasteiger partial charge on any atom is -0.344 e. The van der Waals surface area contributed by atoms with Crippen molar-refractivity contribution in [2.75, 3.05) is 0 Å². The maximum atomic E-state index is 12.6. The molecule has 0 fully saturated rings. The number of hydrogen-bond donors (Lipinski definition) is 3. The van der Waals surface area contributed by atoms with Gasteiger partial charge in [-0.1, -0.05) is 32.0 Å². The molecule has 1 aromatic heterocycles. The molecule has 26 heavy (non-hydrogen) atoms. The summed E-state index contributed by atoms with van der Waals surface area (Å²) < 4.78 is 0. The molecule has 2 rings (SSSR count). The van der Waals surface area contributed by atoms with Crippen LogP contribution in [0.2, 0.25) is 0 Å². The molecule has 1 atom stereocenters. The number of urea groups is 1. The average Bonchev–Trinajstić information content (AvgIpc) is 3.11. The maximum absolute atomic E-state index is 12.6. The molecule has 3 N–H and O–H groups in total. The second-order valence-corrected chi connectivity index (χ2v) is 7.87. The zero-order chi connectivity index (χ0) is 19.1. The third-order valence-electron chi connectivity index (χ3n) is 3.89. The number of rotatable bonds is 7. The lowest BCUT2D eigenvalue weighted by molar-refractivity contribution is 0.0926. The molecule has 3 amide bonds. The molecular weight excluding hydrogens is 346 g/mol. The number of thiophene rings is 1. The summed E-state index contributed by atoms with van der Waals surface area (Å²) in [4.78, 5) is 25.3. The van der Waals surface area contributed by atoms with E-state index in [4.69, 9.17) is 0 Å². The van der Waals surface area contributed by atoms with Gasteiger partial charge in [0.25, 0.3) is 5.91 Å². The molecule has 0 aliphatic carbocycles. The van der Waals surface area contributed by atoms with Gasteiger partial charge in [-0.15, -0.1) is 11.3 Å². The largest absolute Gasteiger partial charge is 0.344 e. The van der Waals surface area contributed by atoms with Crippen LogP contribution in [0, 0.1) is 5.92 Å². The van der Waals surface area contributed by atoms with E-state index >= 15 is 0 Å².